The van der Waals surface area contributed by atoms with E-state index in [9.17, 15) is 4.79 Å². The van der Waals surface area contributed by atoms with E-state index in [1.165, 1.54) is 5.56 Å². The van der Waals surface area contributed by atoms with Crippen molar-refractivity contribution in [2.24, 2.45) is 0 Å². The SMILES string of the molecule is Cc1ccc(-c2nc(CCN(C)C(=O)Nc3ccccc3)no2)cc1. The summed E-state index contributed by atoms with van der Waals surface area (Å²) in [5.74, 6) is 1.07. The van der Waals surface area contributed by atoms with Gasteiger partial charge in [0.2, 0.25) is 0 Å². The molecule has 2 aromatic carbocycles. The highest BCUT2D eigenvalue weighted by molar-refractivity contribution is 5.89. The van der Waals surface area contributed by atoms with Crippen molar-refractivity contribution in [3.05, 3.63) is 66.0 Å². The maximum Gasteiger partial charge on any atom is 0.321 e. The largest absolute Gasteiger partial charge is 0.334 e. The van der Waals surface area contributed by atoms with Gasteiger partial charge in [-0.25, -0.2) is 4.79 Å². The molecule has 0 saturated carbocycles. The lowest BCUT2D eigenvalue weighted by molar-refractivity contribution is 0.222. The third kappa shape index (κ3) is 4.44. The van der Waals surface area contributed by atoms with Gasteiger partial charge in [0.25, 0.3) is 5.89 Å². The Balaban J connectivity index is 1.54. The Morgan fingerprint density at radius 3 is 2.56 bits per heavy atom. The number of para-hydroxylation sites is 1. The van der Waals surface area contributed by atoms with Crippen molar-refractivity contribution in [1.82, 2.24) is 15.0 Å². The molecule has 0 unspecified atom stereocenters. The molecule has 1 N–H and O–H groups in total. The standard InChI is InChI=1S/C19H20N4O2/c1-14-8-10-15(11-9-14)18-21-17(22-25-18)12-13-23(2)19(24)20-16-6-4-3-5-7-16/h3-11H,12-13H2,1-2H3,(H,20,24). The molecule has 3 aromatic rings. The smallest absolute Gasteiger partial charge is 0.321 e. The van der Waals surface area contributed by atoms with Crippen molar-refractivity contribution in [3.8, 4) is 11.5 Å². The van der Waals surface area contributed by atoms with Crippen molar-refractivity contribution in [1.29, 1.82) is 0 Å². The average molecular weight is 336 g/mol. The van der Waals surface area contributed by atoms with Crippen LogP contribution >= 0.6 is 0 Å². The van der Waals surface area contributed by atoms with E-state index >= 15 is 0 Å². The predicted octanol–water partition coefficient (Wildman–Crippen LogP) is 3.75. The number of hydrogen-bond acceptors (Lipinski definition) is 4. The molecule has 2 amide bonds. The van der Waals surface area contributed by atoms with Gasteiger partial charge in [-0.15, -0.1) is 0 Å². The number of likely N-dealkylation sites (N-methyl/N-ethyl adjacent to an activating group) is 1. The molecule has 0 spiro atoms. The van der Waals surface area contributed by atoms with Gasteiger partial charge in [-0.3, -0.25) is 0 Å². The summed E-state index contributed by atoms with van der Waals surface area (Å²) in [6, 6.07) is 17.1. The first kappa shape index (κ1) is 16.7. The molecule has 0 aliphatic carbocycles. The fourth-order valence-corrected chi connectivity index (χ4v) is 2.28. The minimum absolute atomic E-state index is 0.173. The van der Waals surface area contributed by atoms with Crippen LogP contribution in [-0.4, -0.2) is 34.7 Å². The molecule has 6 heteroatoms. The number of benzene rings is 2. The lowest BCUT2D eigenvalue weighted by Crippen LogP contribution is -2.33. The minimum atomic E-state index is -0.173. The molecule has 0 atom stereocenters. The lowest BCUT2D eigenvalue weighted by atomic mass is 10.1. The number of aryl methyl sites for hydroxylation is 1. The van der Waals surface area contributed by atoms with E-state index in [0.717, 1.165) is 11.3 Å². The van der Waals surface area contributed by atoms with E-state index in [0.29, 0.717) is 24.7 Å². The Bertz CT molecular complexity index is 828. The molecule has 0 fully saturated rings. The number of hydrogen-bond donors (Lipinski definition) is 1. The molecule has 3 rings (SSSR count). The van der Waals surface area contributed by atoms with Crippen LogP contribution in [0.2, 0.25) is 0 Å². The number of carbonyl (C=O) groups excluding carboxylic acids is 1. The van der Waals surface area contributed by atoms with Gasteiger partial charge in [0.1, 0.15) is 0 Å². The molecule has 1 heterocycles. The van der Waals surface area contributed by atoms with Crippen LogP contribution in [0.25, 0.3) is 11.5 Å². The van der Waals surface area contributed by atoms with Crippen LogP contribution in [0.15, 0.2) is 59.1 Å². The van der Waals surface area contributed by atoms with E-state index in [1.54, 1.807) is 11.9 Å². The highest BCUT2D eigenvalue weighted by Gasteiger charge is 2.12. The van der Waals surface area contributed by atoms with Crippen LogP contribution in [0.4, 0.5) is 10.5 Å². The quantitative estimate of drug-likeness (QED) is 0.770. The monoisotopic (exact) mass is 336 g/mol. The number of nitrogens with one attached hydrogen (secondary N) is 1. The van der Waals surface area contributed by atoms with E-state index in [1.807, 2.05) is 61.5 Å². The van der Waals surface area contributed by atoms with Crippen LogP contribution in [0, 0.1) is 6.92 Å². The summed E-state index contributed by atoms with van der Waals surface area (Å²) in [5, 5.41) is 6.82. The predicted molar refractivity (Wildman–Crippen MR) is 96.3 cm³/mol. The molecule has 0 bridgehead atoms. The fraction of sp³-hybridized carbons (Fsp3) is 0.211. The van der Waals surface area contributed by atoms with Gasteiger partial charge >= 0.3 is 6.03 Å². The number of urea groups is 1. The lowest BCUT2D eigenvalue weighted by Gasteiger charge is -2.16. The van der Waals surface area contributed by atoms with Gasteiger partial charge in [-0.05, 0) is 31.2 Å². The average Bonchev–Trinajstić information content (AvgIpc) is 3.10. The summed E-state index contributed by atoms with van der Waals surface area (Å²) < 4.78 is 5.30. The topological polar surface area (TPSA) is 71.3 Å². The third-order valence-electron chi connectivity index (χ3n) is 3.81. The molecule has 0 aliphatic rings. The Hall–Kier alpha value is -3.15. The van der Waals surface area contributed by atoms with Gasteiger partial charge < -0.3 is 14.7 Å². The molecule has 0 aliphatic heterocycles. The van der Waals surface area contributed by atoms with Crippen LogP contribution in [0.1, 0.15) is 11.4 Å². The van der Waals surface area contributed by atoms with Crippen molar-refractivity contribution in [3.63, 3.8) is 0 Å². The van der Waals surface area contributed by atoms with Crippen molar-refractivity contribution >= 4 is 11.7 Å². The van der Waals surface area contributed by atoms with Crippen molar-refractivity contribution < 1.29 is 9.32 Å². The summed E-state index contributed by atoms with van der Waals surface area (Å²) in [7, 11) is 1.74. The van der Waals surface area contributed by atoms with Gasteiger partial charge in [-0.1, -0.05) is 41.1 Å². The number of nitrogens with zero attached hydrogens (tertiary/aromatic N) is 3. The summed E-state index contributed by atoms with van der Waals surface area (Å²) in [6.45, 7) is 2.52. The second kappa shape index (κ2) is 7.61. The van der Waals surface area contributed by atoms with Gasteiger partial charge in [0.15, 0.2) is 5.82 Å². The van der Waals surface area contributed by atoms with Crippen LogP contribution in [0.5, 0.6) is 0 Å². The number of rotatable bonds is 5. The normalized spacial score (nSPS) is 10.5. The van der Waals surface area contributed by atoms with E-state index in [-0.39, 0.29) is 6.03 Å². The summed E-state index contributed by atoms with van der Waals surface area (Å²) in [5.41, 5.74) is 2.83. The van der Waals surface area contributed by atoms with Crippen molar-refractivity contribution in [2.45, 2.75) is 13.3 Å². The number of anilines is 1. The second-order valence-electron chi connectivity index (χ2n) is 5.85. The number of amides is 2. The van der Waals surface area contributed by atoms with Gasteiger partial charge in [0, 0.05) is 31.3 Å². The Morgan fingerprint density at radius 1 is 1.12 bits per heavy atom. The second-order valence-corrected chi connectivity index (χ2v) is 5.85. The molecule has 0 saturated heterocycles. The maximum atomic E-state index is 12.1. The van der Waals surface area contributed by atoms with Crippen LogP contribution in [-0.2, 0) is 6.42 Å². The summed E-state index contributed by atoms with van der Waals surface area (Å²) in [6.07, 6.45) is 0.522. The highest BCUT2D eigenvalue weighted by atomic mass is 16.5. The van der Waals surface area contributed by atoms with Gasteiger partial charge in [0.05, 0.1) is 0 Å². The first-order valence-electron chi connectivity index (χ1n) is 8.08. The zero-order valence-corrected chi connectivity index (χ0v) is 14.3. The third-order valence-corrected chi connectivity index (χ3v) is 3.81. The van der Waals surface area contributed by atoms with E-state index in [4.69, 9.17) is 4.52 Å². The fourth-order valence-electron chi connectivity index (χ4n) is 2.28. The molecule has 25 heavy (non-hydrogen) atoms. The Morgan fingerprint density at radius 2 is 1.84 bits per heavy atom. The molecular weight excluding hydrogens is 316 g/mol. The molecule has 128 valence electrons. The number of carbonyl (C=O) groups is 1. The molecule has 0 radical (unpaired) electrons. The van der Waals surface area contributed by atoms with Crippen molar-refractivity contribution in [2.75, 3.05) is 18.9 Å². The molecular formula is C19H20N4O2. The maximum absolute atomic E-state index is 12.1. The zero-order valence-electron chi connectivity index (χ0n) is 14.3. The first-order valence-corrected chi connectivity index (χ1v) is 8.08. The first-order chi connectivity index (χ1) is 12.1. The Kier molecular flexibility index (Phi) is 5.09. The van der Waals surface area contributed by atoms with E-state index in [2.05, 4.69) is 15.5 Å². The molecule has 6 nitrogen and oxygen atoms in total. The van der Waals surface area contributed by atoms with E-state index < -0.39 is 0 Å². The van der Waals surface area contributed by atoms with Crippen LogP contribution < -0.4 is 5.32 Å². The number of aromatic nitrogens is 2. The Labute approximate surface area is 146 Å². The highest BCUT2D eigenvalue weighted by Crippen LogP contribution is 2.17. The summed E-state index contributed by atoms with van der Waals surface area (Å²) in [4.78, 5) is 18.1. The minimum Gasteiger partial charge on any atom is -0.334 e. The summed E-state index contributed by atoms with van der Waals surface area (Å²) >= 11 is 0. The van der Waals surface area contributed by atoms with Crippen LogP contribution in [0.3, 0.4) is 0 Å². The zero-order chi connectivity index (χ0) is 17.6. The molecule has 1 aromatic heterocycles. The van der Waals surface area contributed by atoms with Gasteiger partial charge in [-0.2, -0.15) is 4.98 Å².